The third kappa shape index (κ3) is 5.89. The van der Waals surface area contributed by atoms with Crippen LogP contribution in [0.15, 0.2) is 48.5 Å². The monoisotopic (exact) mass is 606 g/mol. The topological polar surface area (TPSA) is 88.0 Å². The third-order valence-corrected chi connectivity index (χ3v) is 9.11. The molecule has 2 aromatic carbocycles. The number of hydrogen-bond donors (Lipinski definition) is 1. The van der Waals surface area contributed by atoms with Crippen LogP contribution in [0, 0.1) is 6.92 Å². The Bertz CT molecular complexity index is 1610. The zero-order valence-electron chi connectivity index (χ0n) is 24.3. The van der Waals surface area contributed by atoms with Crippen LogP contribution in [0.1, 0.15) is 38.0 Å². The largest absolute Gasteiger partial charge is 0.479 e. The second kappa shape index (κ2) is 11.5. The maximum Gasteiger partial charge on any atom is 0.337 e. The zero-order valence-corrected chi connectivity index (χ0v) is 25.8. The molecule has 0 aliphatic carbocycles. The first-order valence-electron chi connectivity index (χ1n) is 14.2. The van der Waals surface area contributed by atoms with E-state index in [2.05, 4.69) is 15.9 Å². The molecule has 0 radical (unpaired) electrons. The summed E-state index contributed by atoms with van der Waals surface area (Å²) in [6.45, 7) is 13.0. The van der Waals surface area contributed by atoms with E-state index in [1.807, 2.05) is 70.2 Å². The number of anilines is 1. The molecule has 4 aromatic rings. The standard InChI is InChI=1S/C32H35ClN4O4S/c1-19-16-24-29(27(20-8-10-21(33)11-9-20)26(19)28(31(38)39)41-32(2,3)4)42-30(35-24)23-6-5-7-25(34-23)37-14-12-36(13-15-37)22-17-40-18-22/h5-11,16,22,28H,12-15,17-18H2,1-4H3,(H,38,39). The molecule has 0 spiro atoms. The minimum atomic E-state index is -1.16. The van der Waals surface area contributed by atoms with E-state index < -0.39 is 17.7 Å². The van der Waals surface area contributed by atoms with Gasteiger partial charge in [0.25, 0.3) is 0 Å². The molecular weight excluding hydrogens is 572 g/mol. The molecule has 0 amide bonds. The van der Waals surface area contributed by atoms with E-state index >= 15 is 0 Å². The number of nitrogens with zero attached hydrogens (tertiary/aromatic N) is 4. The van der Waals surface area contributed by atoms with Gasteiger partial charge in [0.15, 0.2) is 6.10 Å². The molecule has 4 heterocycles. The number of pyridine rings is 1. The number of fused-ring (bicyclic) bond motifs is 1. The minimum Gasteiger partial charge on any atom is -0.479 e. The summed E-state index contributed by atoms with van der Waals surface area (Å²) < 4.78 is 12.4. The number of hydrogen-bond acceptors (Lipinski definition) is 8. The molecule has 0 saturated carbocycles. The minimum absolute atomic E-state index is 0.548. The van der Waals surface area contributed by atoms with Gasteiger partial charge < -0.3 is 19.5 Å². The van der Waals surface area contributed by atoms with E-state index in [9.17, 15) is 9.90 Å². The van der Waals surface area contributed by atoms with Crippen molar-refractivity contribution in [2.24, 2.45) is 0 Å². The van der Waals surface area contributed by atoms with Crippen molar-refractivity contribution in [3.05, 3.63) is 64.7 Å². The maximum absolute atomic E-state index is 12.6. The van der Waals surface area contributed by atoms with Crippen LogP contribution in [-0.2, 0) is 14.3 Å². The molecule has 2 aliphatic heterocycles. The number of rotatable bonds is 7. The summed E-state index contributed by atoms with van der Waals surface area (Å²) in [5, 5.41) is 11.7. The summed E-state index contributed by atoms with van der Waals surface area (Å²) in [5.41, 5.74) is 4.02. The Morgan fingerprint density at radius 1 is 1.10 bits per heavy atom. The molecule has 0 bridgehead atoms. The van der Waals surface area contributed by atoms with Crippen LogP contribution in [-0.4, -0.2) is 77.0 Å². The quantitative estimate of drug-likeness (QED) is 0.257. The van der Waals surface area contributed by atoms with Gasteiger partial charge in [0.05, 0.1) is 35.1 Å². The summed E-state index contributed by atoms with van der Waals surface area (Å²) in [4.78, 5) is 27.5. The molecule has 1 N–H and O–H groups in total. The first kappa shape index (κ1) is 29.0. The third-order valence-electron chi connectivity index (χ3n) is 7.75. The lowest BCUT2D eigenvalue weighted by Crippen LogP contribution is -2.56. The van der Waals surface area contributed by atoms with Crippen molar-refractivity contribution in [1.29, 1.82) is 0 Å². The highest BCUT2D eigenvalue weighted by Gasteiger charge is 2.33. The van der Waals surface area contributed by atoms with Crippen molar-refractivity contribution in [1.82, 2.24) is 14.9 Å². The van der Waals surface area contributed by atoms with Crippen LogP contribution in [0.5, 0.6) is 0 Å². The van der Waals surface area contributed by atoms with Gasteiger partial charge in [0.1, 0.15) is 16.5 Å². The number of halogens is 1. The number of aryl methyl sites for hydroxylation is 1. The average Bonchev–Trinajstić information content (AvgIpc) is 3.34. The van der Waals surface area contributed by atoms with Gasteiger partial charge in [0, 0.05) is 42.3 Å². The fraction of sp³-hybridized carbons (Fsp3) is 0.406. The molecule has 220 valence electrons. The fourth-order valence-electron chi connectivity index (χ4n) is 5.62. The van der Waals surface area contributed by atoms with Crippen molar-refractivity contribution in [2.75, 3.05) is 44.3 Å². The van der Waals surface area contributed by atoms with Gasteiger partial charge in [0.2, 0.25) is 0 Å². The number of benzene rings is 2. The predicted octanol–water partition coefficient (Wildman–Crippen LogP) is 6.45. The normalized spacial score (nSPS) is 17.4. The Labute approximate surface area is 254 Å². The SMILES string of the molecule is Cc1cc2nc(-c3cccc(N4CCN(C5COC5)CC4)n3)sc2c(-c2ccc(Cl)cc2)c1C(OC(C)(C)C)C(=O)O. The highest BCUT2D eigenvalue weighted by molar-refractivity contribution is 7.22. The molecule has 2 saturated heterocycles. The number of aromatic nitrogens is 2. The number of ether oxygens (including phenoxy) is 2. The Morgan fingerprint density at radius 2 is 1.81 bits per heavy atom. The fourth-order valence-corrected chi connectivity index (χ4v) is 6.84. The highest BCUT2D eigenvalue weighted by atomic mass is 35.5. The summed E-state index contributed by atoms with van der Waals surface area (Å²) in [6.07, 6.45) is -1.16. The lowest BCUT2D eigenvalue weighted by atomic mass is 9.91. The Hall–Kier alpha value is -3.08. The summed E-state index contributed by atoms with van der Waals surface area (Å²) in [5.74, 6) is -0.0952. The van der Waals surface area contributed by atoms with E-state index in [1.165, 1.54) is 11.3 Å². The Balaban J connectivity index is 1.41. The van der Waals surface area contributed by atoms with Gasteiger partial charge >= 0.3 is 5.97 Å². The van der Waals surface area contributed by atoms with Crippen molar-refractivity contribution in [3.63, 3.8) is 0 Å². The van der Waals surface area contributed by atoms with E-state index in [-0.39, 0.29) is 0 Å². The van der Waals surface area contributed by atoms with Crippen LogP contribution in [0.4, 0.5) is 5.82 Å². The van der Waals surface area contributed by atoms with Gasteiger partial charge in [-0.05, 0) is 69.2 Å². The second-order valence-electron chi connectivity index (χ2n) is 11.9. The number of aliphatic carboxylic acids is 1. The number of carboxylic acids is 1. The van der Waals surface area contributed by atoms with Gasteiger partial charge in [-0.15, -0.1) is 11.3 Å². The molecule has 2 aliphatic rings. The first-order valence-corrected chi connectivity index (χ1v) is 15.4. The smallest absolute Gasteiger partial charge is 0.337 e. The molecular formula is C32H35ClN4O4S. The number of carbonyl (C=O) groups is 1. The second-order valence-corrected chi connectivity index (χ2v) is 13.3. The summed E-state index contributed by atoms with van der Waals surface area (Å²) >= 11 is 7.76. The molecule has 1 atom stereocenters. The Morgan fingerprint density at radius 3 is 2.43 bits per heavy atom. The summed E-state index contributed by atoms with van der Waals surface area (Å²) in [7, 11) is 0. The van der Waals surface area contributed by atoms with Crippen LogP contribution in [0.2, 0.25) is 5.02 Å². The van der Waals surface area contributed by atoms with Crippen LogP contribution >= 0.6 is 22.9 Å². The van der Waals surface area contributed by atoms with E-state index in [0.717, 1.165) is 82.8 Å². The van der Waals surface area contributed by atoms with Crippen molar-refractivity contribution in [2.45, 2.75) is 45.4 Å². The first-order chi connectivity index (χ1) is 20.1. The lowest BCUT2D eigenvalue weighted by Gasteiger charge is -2.42. The van der Waals surface area contributed by atoms with Gasteiger partial charge in [-0.1, -0.05) is 29.8 Å². The molecule has 6 rings (SSSR count). The van der Waals surface area contributed by atoms with E-state index in [1.54, 1.807) is 0 Å². The Kier molecular flexibility index (Phi) is 7.97. The van der Waals surface area contributed by atoms with Crippen molar-refractivity contribution in [3.8, 4) is 21.8 Å². The maximum atomic E-state index is 12.6. The average molecular weight is 607 g/mol. The van der Waals surface area contributed by atoms with Crippen LogP contribution < -0.4 is 4.90 Å². The van der Waals surface area contributed by atoms with Gasteiger partial charge in [-0.2, -0.15) is 0 Å². The van der Waals surface area contributed by atoms with Gasteiger partial charge in [-0.25, -0.2) is 14.8 Å². The molecule has 2 fully saturated rings. The van der Waals surface area contributed by atoms with Crippen LogP contribution in [0.3, 0.4) is 0 Å². The lowest BCUT2D eigenvalue weighted by molar-refractivity contribution is -0.160. The van der Waals surface area contributed by atoms with E-state index in [0.29, 0.717) is 16.6 Å². The molecule has 10 heteroatoms. The molecule has 1 unspecified atom stereocenters. The number of thiazole rings is 1. The molecule has 8 nitrogen and oxygen atoms in total. The van der Waals surface area contributed by atoms with Crippen molar-refractivity contribution < 1.29 is 19.4 Å². The number of carboxylic acid groups (broad SMARTS) is 1. The van der Waals surface area contributed by atoms with Crippen LogP contribution in [0.25, 0.3) is 32.0 Å². The highest BCUT2D eigenvalue weighted by Crippen LogP contribution is 2.44. The predicted molar refractivity (Wildman–Crippen MR) is 168 cm³/mol. The summed E-state index contributed by atoms with van der Waals surface area (Å²) in [6, 6.07) is 16.1. The van der Waals surface area contributed by atoms with Crippen molar-refractivity contribution >= 4 is 44.9 Å². The number of piperazine rings is 1. The van der Waals surface area contributed by atoms with E-state index in [4.69, 9.17) is 31.0 Å². The molecule has 42 heavy (non-hydrogen) atoms. The molecule has 2 aromatic heterocycles. The van der Waals surface area contributed by atoms with Gasteiger partial charge in [-0.3, -0.25) is 4.90 Å². The zero-order chi connectivity index (χ0) is 29.6.